The third-order valence-corrected chi connectivity index (χ3v) is 6.95. The van der Waals surface area contributed by atoms with Crippen molar-refractivity contribution in [2.75, 3.05) is 13.1 Å². The van der Waals surface area contributed by atoms with Crippen LogP contribution in [0.4, 0.5) is 13.2 Å². The molecule has 1 saturated heterocycles. The number of carbonyl (C=O) groups excluding carboxylic acids is 1. The number of thiophene rings is 1. The second-order valence-electron chi connectivity index (χ2n) is 7.37. The van der Waals surface area contributed by atoms with E-state index in [1.54, 1.807) is 16.2 Å². The Morgan fingerprint density at radius 2 is 2.16 bits per heavy atom. The molecule has 6 nitrogen and oxygen atoms in total. The molecular weight excluding hydrogens is 495 g/mol. The molecule has 1 aliphatic rings. The Kier molecular flexibility index (Phi) is 4.89. The third-order valence-electron chi connectivity index (χ3n) is 5.49. The number of alkyl halides is 3. The second kappa shape index (κ2) is 7.49. The fourth-order valence-electron chi connectivity index (χ4n) is 3.90. The largest absolute Gasteiger partial charge is 0.420 e. The van der Waals surface area contributed by atoms with Crippen LogP contribution >= 0.6 is 27.3 Å². The van der Waals surface area contributed by atoms with E-state index in [2.05, 4.69) is 36.5 Å². The molecule has 1 aliphatic heterocycles. The lowest BCUT2D eigenvalue weighted by Gasteiger charge is -2.15. The van der Waals surface area contributed by atoms with Gasteiger partial charge in [-0.2, -0.15) is 29.6 Å². The van der Waals surface area contributed by atoms with E-state index in [1.165, 1.54) is 28.6 Å². The van der Waals surface area contributed by atoms with E-state index in [0.29, 0.717) is 24.2 Å². The Labute approximate surface area is 186 Å². The quantitative estimate of drug-likeness (QED) is 0.412. The summed E-state index contributed by atoms with van der Waals surface area (Å²) < 4.78 is 42.9. The Hall–Kier alpha value is -2.66. The number of amides is 1. The van der Waals surface area contributed by atoms with Crippen molar-refractivity contribution in [3.05, 3.63) is 62.9 Å². The topological polar surface area (TPSA) is 66.3 Å². The van der Waals surface area contributed by atoms with Crippen molar-refractivity contribution in [3.63, 3.8) is 0 Å². The summed E-state index contributed by atoms with van der Waals surface area (Å²) >= 11 is 4.92. The molecule has 5 rings (SSSR count). The summed E-state index contributed by atoms with van der Waals surface area (Å²) in [6, 6.07) is 3.06. The Morgan fingerprint density at radius 1 is 1.32 bits per heavy atom. The minimum Gasteiger partial charge on any atom is -0.337 e. The van der Waals surface area contributed by atoms with Crippen LogP contribution in [0.25, 0.3) is 16.8 Å². The summed E-state index contributed by atoms with van der Waals surface area (Å²) in [6.45, 7) is 1.05. The lowest BCUT2D eigenvalue weighted by Crippen LogP contribution is -2.29. The second-order valence-corrected chi connectivity index (χ2v) is 8.90. The molecule has 1 atom stereocenters. The van der Waals surface area contributed by atoms with Crippen LogP contribution < -0.4 is 0 Å². The molecule has 0 radical (unpaired) electrons. The van der Waals surface area contributed by atoms with Gasteiger partial charge in [0.15, 0.2) is 11.3 Å². The first-order valence-electron chi connectivity index (χ1n) is 9.42. The van der Waals surface area contributed by atoms with Gasteiger partial charge >= 0.3 is 6.18 Å². The number of pyridine rings is 1. The van der Waals surface area contributed by atoms with Gasteiger partial charge in [-0.1, -0.05) is 0 Å². The van der Waals surface area contributed by atoms with Crippen LogP contribution in [0.1, 0.15) is 34.0 Å². The molecule has 1 fully saturated rings. The summed E-state index contributed by atoms with van der Waals surface area (Å²) in [4.78, 5) is 18.9. The van der Waals surface area contributed by atoms with Gasteiger partial charge in [0.2, 0.25) is 0 Å². The van der Waals surface area contributed by atoms with Crippen molar-refractivity contribution < 1.29 is 18.0 Å². The van der Waals surface area contributed by atoms with Gasteiger partial charge < -0.3 is 4.90 Å². The minimum absolute atomic E-state index is 0.0270. The van der Waals surface area contributed by atoms with Crippen molar-refractivity contribution in [1.82, 2.24) is 24.5 Å². The zero-order valence-corrected chi connectivity index (χ0v) is 18.3. The first-order valence-corrected chi connectivity index (χ1v) is 11.2. The van der Waals surface area contributed by atoms with Gasteiger partial charge in [0.05, 0.1) is 11.8 Å². The molecule has 1 unspecified atom stereocenters. The molecular formula is C20H15BrF3N5OS. The van der Waals surface area contributed by atoms with E-state index in [4.69, 9.17) is 0 Å². The highest BCUT2D eigenvalue weighted by molar-refractivity contribution is 9.10. The predicted molar refractivity (Wildman–Crippen MR) is 113 cm³/mol. The molecule has 1 amide bonds. The van der Waals surface area contributed by atoms with Gasteiger partial charge in [-0.05, 0) is 50.8 Å². The van der Waals surface area contributed by atoms with Gasteiger partial charge in [-0.25, -0.2) is 4.98 Å². The van der Waals surface area contributed by atoms with Crippen LogP contribution in [0, 0.1) is 0 Å². The number of imidazole rings is 1. The number of hydrogen-bond donors (Lipinski definition) is 1. The Bertz CT molecular complexity index is 1250. The van der Waals surface area contributed by atoms with Crippen molar-refractivity contribution in [2.45, 2.75) is 18.5 Å². The highest BCUT2D eigenvalue weighted by Crippen LogP contribution is 2.37. The van der Waals surface area contributed by atoms with E-state index in [1.807, 2.05) is 11.4 Å². The van der Waals surface area contributed by atoms with Crippen molar-refractivity contribution in [2.24, 2.45) is 0 Å². The average molecular weight is 510 g/mol. The Morgan fingerprint density at radius 3 is 2.84 bits per heavy atom. The van der Waals surface area contributed by atoms with E-state index in [-0.39, 0.29) is 27.8 Å². The molecule has 31 heavy (non-hydrogen) atoms. The monoisotopic (exact) mass is 509 g/mol. The maximum Gasteiger partial charge on any atom is 0.420 e. The van der Waals surface area contributed by atoms with Crippen LogP contribution in [-0.2, 0) is 6.18 Å². The van der Waals surface area contributed by atoms with Crippen LogP contribution in [0.5, 0.6) is 0 Å². The number of nitrogens with zero attached hydrogens (tertiary/aromatic N) is 4. The minimum atomic E-state index is -4.64. The lowest BCUT2D eigenvalue weighted by molar-refractivity contribution is -0.136. The van der Waals surface area contributed by atoms with Gasteiger partial charge in [0.1, 0.15) is 4.60 Å². The molecule has 4 aromatic heterocycles. The fraction of sp³-hybridized carbons (Fsp3) is 0.250. The standard InChI is InChI=1S/C20H15BrF3N5OS/c21-17-16(19(30)28-3-1-11(8-28)12-2-4-31-10-12)27-18-15(20(22,23)24)5-13(9-29(17)18)14-6-25-26-7-14/h2,4-7,9-11H,1,3,8H2,(H,25,26). The zero-order chi connectivity index (χ0) is 21.8. The molecule has 0 bridgehead atoms. The molecule has 5 heterocycles. The van der Waals surface area contributed by atoms with E-state index in [9.17, 15) is 18.0 Å². The van der Waals surface area contributed by atoms with Crippen molar-refractivity contribution >= 4 is 38.8 Å². The number of H-pyrrole nitrogens is 1. The number of fused-ring (bicyclic) bond motifs is 1. The van der Waals surface area contributed by atoms with Crippen molar-refractivity contribution in [1.29, 1.82) is 0 Å². The smallest absolute Gasteiger partial charge is 0.337 e. The average Bonchev–Trinajstić information content (AvgIpc) is 3.53. The fourth-order valence-corrected chi connectivity index (χ4v) is 5.17. The number of aromatic amines is 1. The number of rotatable bonds is 3. The molecule has 160 valence electrons. The first kappa shape index (κ1) is 20.3. The van der Waals surface area contributed by atoms with Gasteiger partial charge in [-0.3, -0.25) is 14.3 Å². The number of hydrogen-bond acceptors (Lipinski definition) is 4. The van der Waals surface area contributed by atoms with Gasteiger partial charge in [0.25, 0.3) is 5.91 Å². The highest BCUT2D eigenvalue weighted by Gasteiger charge is 2.37. The molecule has 0 aliphatic carbocycles. The van der Waals surface area contributed by atoms with E-state index >= 15 is 0 Å². The highest BCUT2D eigenvalue weighted by atomic mass is 79.9. The Balaban J connectivity index is 1.56. The summed E-state index contributed by atoms with van der Waals surface area (Å²) in [5.41, 5.74) is 0.731. The SMILES string of the molecule is O=C(c1nc2c(C(F)(F)F)cc(-c3cn[nH]c3)cn2c1Br)N1CCC(c2ccsc2)C1. The normalized spacial score (nSPS) is 17.0. The van der Waals surface area contributed by atoms with Crippen LogP contribution in [-0.4, -0.2) is 43.5 Å². The number of carbonyl (C=O) groups is 1. The van der Waals surface area contributed by atoms with Crippen LogP contribution in [0.3, 0.4) is 0 Å². The molecule has 4 aromatic rings. The van der Waals surface area contributed by atoms with E-state index < -0.39 is 11.7 Å². The number of nitrogens with one attached hydrogen (secondary N) is 1. The van der Waals surface area contributed by atoms with Crippen molar-refractivity contribution in [3.8, 4) is 11.1 Å². The zero-order valence-electron chi connectivity index (χ0n) is 15.9. The van der Waals surface area contributed by atoms with E-state index in [0.717, 1.165) is 12.5 Å². The third kappa shape index (κ3) is 3.55. The molecule has 0 aromatic carbocycles. The summed E-state index contributed by atoms with van der Waals surface area (Å²) in [5, 5.41) is 10.5. The molecule has 0 saturated carbocycles. The van der Waals surface area contributed by atoms with Gasteiger partial charge in [-0.15, -0.1) is 0 Å². The molecule has 11 heteroatoms. The number of aromatic nitrogens is 4. The first-order chi connectivity index (χ1) is 14.8. The summed E-state index contributed by atoms with van der Waals surface area (Å²) in [6.07, 6.45) is 0.636. The summed E-state index contributed by atoms with van der Waals surface area (Å²) in [7, 11) is 0. The maximum absolute atomic E-state index is 13.8. The van der Waals surface area contributed by atoms with Gasteiger partial charge in [0, 0.05) is 42.5 Å². The lowest BCUT2D eigenvalue weighted by atomic mass is 10.0. The molecule has 1 N–H and O–H groups in total. The predicted octanol–water partition coefficient (Wildman–Crippen LogP) is 5.20. The maximum atomic E-state index is 13.8. The number of halogens is 4. The van der Waals surface area contributed by atoms with Crippen LogP contribution in [0.15, 0.2) is 46.1 Å². The summed E-state index contributed by atoms with van der Waals surface area (Å²) in [5.74, 6) is -0.157. The molecule has 0 spiro atoms. The number of likely N-dealkylation sites (tertiary alicyclic amines) is 1. The van der Waals surface area contributed by atoms with Crippen LogP contribution in [0.2, 0.25) is 0 Å².